The first-order valence-corrected chi connectivity index (χ1v) is 28.7. The minimum Gasteiger partial charge on any atom is -0.462 e. The third kappa shape index (κ3) is 51.4. The molecule has 0 aromatic carbocycles. The number of hydrogen-bond donors (Lipinski definition) is 0. The summed E-state index contributed by atoms with van der Waals surface area (Å²) in [6.45, 7) is 11.4. The van der Waals surface area contributed by atoms with Crippen molar-refractivity contribution in [3.05, 3.63) is 0 Å². The number of esters is 3. The normalized spacial score (nSPS) is 12.0. The van der Waals surface area contributed by atoms with Crippen molar-refractivity contribution < 1.29 is 28.6 Å². The molecule has 0 fully saturated rings. The highest BCUT2D eigenvalue weighted by Crippen LogP contribution is 2.18. The van der Waals surface area contributed by atoms with Gasteiger partial charge in [0.1, 0.15) is 13.2 Å². The van der Waals surface area contributed by atoms with E-state index in [-0.39, 0.29) is 31.1 Å². The van der Waals surface area contributed by atoms with Crippen molar-refractivity contribution in [2.45, 2.75) is 330 Å². The Kier molecular flexibility index (Phi) is 49.6. The van der Waals surface area contributed by atoms with Gasteiger partial charge in [0, 0.05) is 19.3 Å². The Balaban J connectivity index is 4.13. The zero-order chi connectivity index (χ0) is 46.8. The predicted molar refractivity (Wildman–Crippen MR) is 275 cm³/mol. The predicted octanol–water partition coefficient (Wildman–Crippen LogP) is 18.9. The lowest BCUT2D eigenvalue weighted by molar-refractivity contribution is -0.167. The zero-order valence-corrected chi connectivity index (χ0v) is 43.9. The van der Waals surface area contributed by atoms with Crippen molar-refractivity contribution >= 4 is 17.9 Å². The Hall–Kier alpha value is -1.59. The summed E-state index contributed by atoms with van der Waals surface area (Å²) >= 11 is 0. The van der Waals surface area contributed by atoms with E-state index in [0.717, 1.165) is 69.6 Å². The quantitative estimate of drug-likeness (QED) is 0.0344. The Morgan fingerprint density at radius 1 is 0.297 bits per heavy atom. The molecule has 0 bridgehead atoms. The minimum atomic E-state index is -0.761. The van der Waals surface area contributed by atoms with Crippen molar-refractivity contribution in [1.82, 2.24) is 0 Å². The lowest BCUT2D eigenvalue weighted by atomic mass is 10.0. The largest absolute Gasteiger partial charge is 0.462 e. The summed E-state index contributed by atoms with van der Waals surface area (Å²) in [7, 11) is 0. The molecule has 0 saturated carbocycles. The molecule has 0 aromatic heterocycles. The molecular formula is C58H112O6. The molecule has 1 atom stereocenters. The monoisotopic (exact) mass is 905 g/mol. The van der Waals surface area contributed by atoms with Gasteiger partial charge in [0.15, 0.2) is 6.10 Å². The highest BCUT2D eigenvalue weighted by Gasteiger charge is 2.19. The van der Waals surface area contributed by atoms with Crippen LogP contribution in [0.1, 0.15) is 324 Å². The topological polar surface area (TPSA) is 78.9 Å². The van der Waals surface area contributed by atoms with Crippen molar-refractivity contribution in [3.63, 3.8) is 0 Å². The van der Waals surface area contributed by atoms with Crippen LogP contribution < -0.4 is 0 Å². The third-order valence-corrected chi connectivity index (χ3v) is 13.2. The Labute approximate surface area is 399 Å². The molecule has 0 N–H and O–H groups in total. The molecular weight excluding hydrogens is 793 g/mol. The summed E-state index contributed by atoms with van der Waals surface area (Å²) in [5, 5.41) is 0. The van der Waals surface area contributed by atoms with Gasteiger partial charge in [-0.25, -0.2) is 0 Å². The van der Waals surface area contributed by atoms with E-state index in [1.165, 1.54) is 212 Å². The lowest BCUT2D eigenvalue weighted by Gasteiger charge is -2.18. The van der Waals surface area contributed by atoms with E-state index in [1.54, 1.807) is 0 Å². The maximum Gasteiger partial charge on any atom is 0.306 e. The fraction of sp³-hybridized carbons (Fsp3) is 0.948. The minimum absolute atomic E-state index is 0.0631. The van der Waals surface area contributed by atoms with Gasteiger partial charge in [0.05, 0.1) is 0 Å². The fourth-order valence-corrected chi connectivity index (χ4v) is 8.87. The second-order valence-electron chi connectivity index (χ2n) is 20.9. The molecule has 6 nitrogen and oxygen atoms in total. The molecule has 0 heterocycles. The molecule has 0 aliphatic rings. The van der Waals surface area contributed by atoms with Gasteiger partial charge in [-0.3, -0.25) is 14.4 Å². The van der Waals surface area contributed by atoms with Gasteiger partial charge >= 0.3 is 17.9 Å². The first kappa shape index (κ1) is 62.4. The third-order valence-electron chi connectivity index (χ3n) is 13.2. The molecule has 0 amide bonds. The van der Waals surface area contributed by atoms with Crippen LogP contribution in [0, 0.1) is 11.8 Å². The molecule has 0 saturated heterocycles. The summed E-state index contributed by atoms with van der Waals surface area (Å²) < 4.78 is 16.8. The average molecular weight is 906 g/mol. The number of rotatable bonds is 52. The van der Waals surface area contributed by atoms with Crippen LogP contribution in [0.2, 0.25) is 0 Å². The smallest absolute Gasteiger partial charge is 0.306 e. The molecule has 0 aliphatic carbocycles. The standard InChI is InChI=1S/C58H112O6/c1-6-7-8-9-31-38-43-48-56(59)62-51-55(52-63-57(60)49-44-39-34-29-25-21-18-14-16-20-24-28-33-37-42-47-54(4)5)64-58(61)50-45-40-35-30-26-22-17-13-11-10-12-15-19-23-27-32-36-41-46-53(2)3/h53-55H,6-52H2,1-5H3/t55-/m1/s1. The van der Waals surface area contributed by atoms with Crippen LogP contribution in [0.5, 0.6) is 0 Å². The Morgan fingerprint density at radius 3 is 0.766 bits per heavy atom. The lowest BCUT2D eigenvalue weighted by Crippen LogP contribution is -2.30. The van der Waals surface area contributed by atoms with Crippen molar-refractivity contribution in [2.75, 3.05) is 13.2 Å². The molecule has 0 aromatic rings. The van der Waals surface area contributed by atoms with E-state index in [9.17, 15) is 14.4 Å². The van der Waals surface area contributed by atoms with Crippen molar-refractivity contribution in [3.8, 4) is 0 Å². The number of hydrogen-bond acceptors (Lipinski definition) is 6. The van der Waals surface area contributed by atoms with Crippen LogP contribution in [-0.4, -0.2) is 37.2 Å². The van der Waals surface area contributed by atoms with E-state index >= 15 is 0 Å². The van der Waals surface area contributed by atoms with Crippen LogP contribution in [0.4, 0.5) is 0 Å². The molecule has 6 heteroatoms. The van der Waals surface area contributed by atoms with Gasteiger partial charge in [-0.05, 0) is 31.1 Å². The van der Waals surface area contributed by atoms with Gasteiger partial charge in [-0.2, -0.15) is 0 Å². The van der Waals surface area contributed by atoms with Crippen LogP contribution in [-0.2, 0) is 28.6 Å². The molecule has 64 heavy (non-hydrogen) atoms. The van der Waals surface area contributed by atoms with Gasteiger partial charge in [-0.15, -0.1) is 0 Å². The second-order valence-corrected chi connectivity index (χ2v) is 20.9. The van der Waals surface area contributed by atoms with E-state index in [4.69, 9.17) is 14.2 Å². The Morgan fingerprint density at radius 2 is 0.516 bits per heavy atom. The van der Waals surface area contributed by atoms with Crippen LogP contribution in [0.3, 0.4) is 0 Å². The highest BCUT2D eigenvalue weighted by molar-refractivity contribution is 5.71. The summed E-state index contributed by atoms with van der Waals surface area (Å²) in [5.74, 6) is 0.860. The van der Waals surface area contributed by atoms with Crippen molar-refractivity contribution in [2.24, 2.45) is 11.8 Å². The first-order chi connectivity index (χ1) is 31.2. The number of carbonyl (C=O) groups is 3. The molecule has 0 rings (SSSR count). The summed E-state index contributed by atoms with van der Waals surface area (Å²) in [6, 6.07) is 0. The SMILES string of the molecule is CCCCCCCCCC(=O)OC[C@H](COC(=O)CCCCCCCCCCCCCCCCCC(C)C)OC(=O)CCCCCCCCCCCCCCCCCCCCC(C)C. The number of carbonyl (C=O) groups excluding carboxylic acids is 3. The van der Waals surface area contributed by atoms with E-state index < -0.39 is 6.10 Å². The number of ether oxygens (including phenoxy) is 3. The van der Waals surface area contributed by atoms with Crippen molar-refractivity contribution in [1.29, 1.82) is 0 Å². The highest BCUT2D eigenvalue weighted by atomic mass is 16.6. The van der Waals surface area contributed by atoms with Gasteiger partial charge < -0.3 is 14.2 Å². The van der Waals surface area contributed by atoms with Crippen LogP contribution in [0.25, 0.3) is 0 Å². The van der Waals surface area contributed by atoms with Crippen LogP contribution in [0.15, 0.2) is 0 Å². The molecule has 0 radical (unpaired) electrons. The van der Waals surface area contributed by atoms with Gasteiger partial charge in [0.25, 0.3) is 0 Å². The summed E-state index contributed by atoms with van der Waals surface area (Å²) in [5.41, 5.74) is 0. The van der Waals surface area contributed by atoms with Gasteiger partial charge in [-0.1, -0.05) is 285 Å². The molecule has 0 spiro atoms. The molecule has 0 unspecified atom stereocenters. The summed E-state index contributed by atoms with van der Waals surface area (Å²) in [4.78, 5) is 37.9. The van der Waals surface area contributed by atoms with Gasteiger partial charge in [0.2, 0.25) is 0 Å². The zero-order valence-electron chi connectivity index (χ0n) is 43.9. The Bertz CT molecular complexity index is 978. The molecule has 0 aliphatic heterocycles. The van der Waals surface area contributed by atoms with E-state index in [0.29, 0.717) is 19.3 Å². The van der Waals surface area contributed by atoms with E-state index in [1.807, 2.05) is 0 Å². The van der Waals surface area contributed by atoms with E-state index in [2.05, 4.69) is 34.6 Å². The maximum atomic E-state index is 12.8. The number of unbranched alkanes of at least 4 members (excludes halogenated alkanes) is 37. The average Bonchev–Trinajstić information content (AvgIpc) is 3.27. The second kappa shape index (κ2) is 50.8. The van der Waals surface area contributed by atoms with Crippen LogP contribution >= 0.6 is 0 Å². The maximum absolute atomic E-state index is 12.8. The first-order valence-electron chi connectivity index (χ1n) is 28.7. The molecule has 380 valence electrons. The fourth-order valence-electron chi connectivity index (χ4n) is 8.87. The summed E-state index contributed by atoms with van der Waals surface area (Å²) in [6.07, 6.45) is 54.0.